The molecule has 0 fully saturated rings. The summed E-state index contributed by atoms with van der Waals surface area (Å²) in [5.74, 6) is 1.05. The van der Waals surface area contributed by atoms with Crippen LogP contribution >= 0.6 is 11.8 Å². The summed E-state index contributed by atoms with van der Waals surface area (Å²) in [5.41, 5.74) is 5.68. The van der Waals surface area contributed by atoms with E-state index in [0.29, 0.717) is 5.75 Å². The number of unbranched alkanes of at least 4 members (excludes halogenated alkanes) is 15. The molecule has 0 bridgehead atoms. The van der Waals surface area contributed by atoms with Crippen LogP contribution in [-0.2, 0) is 16.0 Å². The number of phenols is 1. The average Bonchev–Trinajstić information content (AvgIpc) is 2.83. The van der Waals surface area contributed by atoms with Gasteiger partial charge in [0, 0.05) is 0 Å². The van der Waals surface area contributed by atoms with Crippen molar-refractivity contribution in [3.05, 3.63) is 29.8 Å². The summed E-state index contributed by atoms with van der Waals surface area (Å²) in [6.45, 7) is 2.28. The largest absolute Gasteiger partial charge is 0.508 e. The van der Waals surface area contributed by atoms with Crippen LogP contribution in [0.3, 0.4) is 0 Å². The number of hydrogen-bond donors (Lipinski definition) is 3. The van der Waals surface area contributed by atoms with E-state index in [-0.39, 0.29) is 24.0 Å². The Bertz CT molecular complexity index is 637. The Balaban J connectivity index is 1.80. The maximum absolute atomic E-state index is 11.8. The molecule has 1 aromatic rings. The van der Waals surface area contributed by atoms with Gasteiger partial charge < -0.3 is 5.11 Å². The van der Waals surface area contributed by atoms with Crippen molar-refractivity contribution in [2.24, 2.45) is 0 Å². The van der Waals surface area contributed by atoms with Crippen molar-refractivity contribution in [3.63, 3.8) is 0 Å². The number of carbonyl (C=O) groups is 2. The molecule has 5 nitrogen and oxygen atoms in total. The third-order valence-corrected chi connectivity index (χ3v) is 7.06. The van der Waals surface area contributed by atoms with Gasteiger partial charge in [-0.3, -0.25) is 20.4 Å². The molecular weight excluding hydrogens is 444 g/mol. The molecule has 0 aliphatic rings. The Hall–Kier alpha value is -1.69. The van der Waals surface area contributed by atoms with Crippen LogP contribution in [0.1, 0.15) is 115 Å². The molecule has 0 aliphatic carbocycles. The van der Waals surface area contributed by atoms with E-state index in [0.717, 1.165) is 17.7 Å². The smallest absolute Gasteiger partial charge is 0.248 e. The third kappa shape index (κ3) is 18.7. The number of amides is 2. The van der Waals surface area contributed by atoms with Crippen molar-refractivity contribution in [2.45, 2.75) is 116 Å². The molecule has 0 heterocycles. The molecule has 0 saturated heterocycles. The van der Waals surface area contributed by atoms with Gasteiger partial charge in [-0.05, 0) is 29.9 Å². The number of hydrogen-bond acceptors (Lipinski definition) is 4. The minimum atomic E-state index is -0.276. The number of nitrogens with one attached hydrogen (secondary N) is 2. The van der Waals surface area contributed by atoms with E-state index in [9.17, 15) is 14.7 Å². The van der Waals surface area contributed by atoms with Crippen LogP contribution in [0.5, 0.6) is 5.75 Å². The van der Waals surface area contributed by atoms with Crippen LogP contribution in [-0.4, -0.2) is 28.4 Å². The first-order valence-corrected chi connectivity index (χ1v) is 14.7. The van der Waals surface area contributed by atoms with Crippen molar-refractivity contribution in [3.8, 4) is 5.75 Å². The SMILES string of the molecule is CCCCCCCCCCCCCCCCCCSCC(=O)NNC(=O)Cc1ccc(O)cc1. The number of rotatable bonds is 21. The molecule has 0 radical (unpaired) electrons. The van der Waals surface area contributed by atoms with Gasteiger partial charge in [0.25, 0.3) is 0 Å². The van der Waals surface area contributed by atoms with E-state index in [1.54, 1.807) is 23.9 Å². The van der Waals surface area contributed by atoms with Crippen molar-refractivity contribution in [1.29, 1.82) is 0 Å². The van der Waals surface area contributed by atoms with E-state index in [2.05, 4.69) is 17.8 Å². The fourth-order valence-electron chi connectivity index (χ4n) is 3.94. The highest BCUT2D eigenvalue weighted by molar-refractivity contribution is 7.99. The summed E-state index contributed by atoms with van der Waals surface area (Å²) < 4.78 is 0. The van der Waals surface area contributed by atoms with E-state index >= 15 is 0 Å². The first-order chi connectivity index (χ1) is 16.6. The van der Waals surface area contributed by atoms with Gasteiger partial charge >= 0.3 is 0 Å². The zero-order valence-corrected chi connectivity index (χ0v) is 22.2. The Labute approximate surface area is 212 Å². The van der Waals surface area contributed by atoms with Crippen molar-refractivity contribution in [2.75, 3.05) is 11.5 Å². The first-order valence-electron chi connectivity index (χ1n) is 13.5. The second-order valence-corrected chi connectivity index (χ2v) is 10.4. The number of thioether (sulfide) groups is 1. The molecule has 2 amide bonds. The predicted octanol–water partition coefficient (Wildman–Crippen LogP) is 7.08. The first kappa shape index (κ1) is 30.3. The van der Waals surface area contributed by atoms with Crippen molar-refractivity contribution >= 4 is 23.6 Å². The molecule has 1 rings (SSSR count). The minimum Gasteiger partial charge on any atom is -0.508 e. The lowest BCUT2D eigenvalue weighted by atomic mass is 10.0. The summed E-state index contributed by atoms with van der Waals surface area (Å²) in [4.78, 5) is 23.7. The molecule has 0 saturated carbocycles. The van der Waals surface area contributed by atoms with Crippen LogP contribution in [0, 0.1) is 0 Å². The zero-order chi connectivity index (χ0) is 24.7. The average molecular weight is 493 g/mol. The number of hydrazine groups is 1. The Morgan fingerprint density at radius 3 is 1.62 bits per heavy atom. The van der Waals surface area contributed by atoms with Gasteiger partial charge in [-0.25, -0.2) is 0 Å². The highest BCUT2D eigenvalue weighted by Gasteiger charge is 2.06. The summed E-state index contributed by atoms with van der Waals surface area (Å²) in [5, 5.41) is 9.25. The summed E-state index contributed by atoms with van der Waals surface area (Å²) in [7, 11) is 0. The van der Waals surface area contributed by atoms with Gasteiger partial charge in [0.2, 0.25) is 11.8 Å². The van der Waals surface area contributed by atoms with E-state index in [1.807, 2.05) is 0 Å². The standard InChI is InChI=1S/C28H48N2O3S/c1-2-3-4-5-6-7-8-9-10-11-12-13-14-15-16-17-22-34-24-28(33)30-29-27(32)23-25-18-20-26(31)21-19-25/h18-21,31H,2-17,22-24H2,1H3,(H,29,32)(H,30,33). The third-order valence-electron chi connectivity index (χ3n) is 6.02. The second kappa shape index (κ2) is 21.8. The van der Waals surface area contributed by atoms with Gasteiger partial charge in [-0.15, -0.1) is 0 Å². The van der Waals surface area contributed by atoms with Crippen LogP contribution < -0.4 is 10.9 Å². The Morgan fingerprint density at radius 1 is 0.676 bits per heavy atom. The van der Waals surface area contributed by atoms with Crippen molar-refractivity contribution < 1.29 is 14.7 Å². The lowest BCUT2D eigenvalue weighted by Gasteiger charge is -2.07. The zero-order valence-electron chi connectivity index (χ0n) is 21.4. The van der Waals surface area contributed by atoms with Crippen LogP contribution in [0.15, 0.2) is 24.3 Å². The molecule has 1 aromatic carbocycles. The highest BCUT2D eigenvalue weighted by atomic mass is 32.2. The van der Waals surface area contributed by atoms with E-state index < -0.39 is 0 Å². The normalized spacial score (nSPS) is 10.9. The molecule has 0 atom stereocenters. The highest BCUT2D eigenvalue weighted by Crippen LogP contribution is 2.14. The second-order valence-electron chi connectivity index (χ2n) is 9.30. The molecule has 0 aromatic heterocycles. The molecular formula is C28H48N2O3S. The Kier molecular flexibility index (Phi) is 19.5. The number of benzene rings is 1. The lowest BCUT2D eigenvalue weighted by Crippen LogP contribution is -2.43. The van der Waals surface area contributed by atoms with E-state index in [1.165, 1.54) is 108 Å². The fourth-order valence-corrected chi connectivity index (χ4v) is 4.75. The summed E-state index contributed by atoms with van der Waals surface area (Å²) in [6.07, 6.45) is 22.0. The molecule has 3 N–H and O–H groups in total. The molecule has 0 spiro atoms. The monoisotopic (exact) mass is 492 g/mol. The van der Waals surface area contributed by atoms with Gasteiger partial charge in [-0.1, -0.05) is 115 Å². The van der Waals surface area contributed by atoms with Crippen LogP contribution in [0.4, 0.5) is 0 Å². The Morgan fingerprint density at radius 2 is 1.12 bits per heavy atom. The fraction of sp³-hybridized carbons (Fsp3) is 0.714. The summed E-state index contributed by atoms with van der Waals surface area (Å²) >= 11 is 1.61. The maximum atomic E-state index is 11.8. The minimum absolute atomic E-state index is 0.160. The van der Waals surface area contributed by atoms with Gasteiger partial charge in [-0.2, -0.15) is 11.8 Å². The number of carbonyl (C=O) groups excluding carboxylic acids is 2. The van der Waals surface area contributed by atoms with Crippen molar-refractivity contribution in [1.82, 2.24) is 10.9 Å². The van der Waals surface area contributed by atoms with Gasteiger partial charge in [0.1, 0.15) is 5.75 Å². The van der Waals surface area contributed by atoms with Crippen LogP contribution in [0.25, 0.3) is 0 Å². The quantitative estimate of drug-likeness (QED) is 0.127. The molecule has 0 aliphatic heterocycles. The van der Waals surface area contributed by atoms with Gasteiger partial charge in [0.15, 0.2) is 0 Å². The molecule has 34 heavy (non-hydrogen) atoms. The van der Waals surface area contributed by atoms with Crippen LogP contribution in [0.2, 0.25) is 0 Å². The maximum Gasteiger partial charge on any atom is 0.248 e. The number of aromatic hydroxyl groups is 1. The predicted molar refractivity (Wildman–Crippen MR) is 145 cm³/mol. The summed E-state index contributed by atoms with van der Waals surface area (Å²) in [6, 6.07) is 6.45. The lowest BCUT2D eigenvalue weighted by molar-refractivity contribution is -0.127. The van der Waals surface area contributed by atoms with Gasteiger partial charge in [0.05, 0.1) is 12.2 Å². The molecule has 0 unspecified atom stereocenters. The molecule has 6 heteroatoms. The topological polar surface area (TPSA) is 78.4 Å². The molecule has 194 valence electrons. The van der Waals surface area contributed by atoms with E-state index in [4.69, 9.17) is 0 Å². The number of phenolic OH excluding ortho intramolecular Hbond substituents is 1.